The normalized spacial score (nSPS) is 10.9. The Balaban J connectivity index is 1.19. The maximum absolute atomic E-state index is 12.5. The van der Waals surface area contributed by atoms with E-state index < -0.39 is 0 Å². The number of rotatable bonds is 11. The van der Waals surface area contributed by atoms with Crippen molar-refractivity contribution < 1.29 is 4.79 Å². The van der Waals surface area contributed by atoms with Crippen molar-refractivity contribution in [3.8, 4) is 10.4 Å². The van der Waals surface area contributed by atoms with Gasteiger partial charge in [0, 0.05) is 30.5 Å². The zero-order valence-electron chi connectivity index (χ0n) is 18.6. The molecule has 0 radical (unpaired) electrons. The molecule has 0 aliphatic carbocycles. The lowest BCUT2D eigenvalue weighted by atomic mass is 10.1. The largest absolute Gasteiger partial charge is 0.397 e. The molecule has 170 valence electrons. The second-order valence-electron chi connectivity index (χ2n) is 8.10. The average Bonchev–Trinajstić information content (AvgIpc) is 3.52. The third-order valence-electron chi connectivity index (χ3n) is 5.52. The number of benzene rings is 2. The first-order valence-electron chi connectivity index (χ1n) is 11.3. The van der Waals surface area contributed by atoms with Crippen molar-refractivity contribution >= 4 is 28.6 Å². The molecule has 0 aliphatic rings. The first-order valence-corrected chi connectivity index (χ1v) is 12.2. The number of unbranched alkanes of at least 4 members (excludes halogenated alkanes) is 2. The molecule has 2 heterocycles. The van der Waals surface area contributed by atoms with Gasteiger partial charge in [-0.1, -0.05) is 54.1 Å². The van der Waals surface area contributed by atoms with E-state index in [1.165, 1.54) is 12.0 Å². The number of carbonyl (C=O) groups excluding carboxylic acids is 1. The summed E-state index contributed by atoms with van der Waals surface area (Å²) in [7, 11) is 0. The molecule has 6 nitrogen and oxygen atoms in total. The van der Waals surface area contributed by atoms with Gasteiger partial charge in [-0.25, -0.2) is 0 Å². The maximum Gasteiger partial charge on any atom is 0.224 e. The number of aryl methyl sites for hydroxylation is 3. The van der Waals surface area contributed by atoms with E-state index in [1.54, 1.807) is 11.3 Å². The molecule has 7 heteroatoms. The van der Waals surface area contributed by atoms with E-state index in [0.29, 0.717) is 24.2 Å². The van der Waals surface area contributed by atoms with Crippen LogP contribution in [0.25, 0.3) is 10.4 Å². The zero-order chi connectivity index (χ0) is 22.9. The number of nitrogens with one attached hydrogen (secondary N) is 1. The van der Waals surface area contributed by atoms with Crippen molar-refractivity contribution in [2.75, 3.05) is 11.1 Å². The molecular formula is C26H29N5OS. The Morgan fingerprint density at radius 1 is 1.00 bits per heavy atom. The maximum atomic E-state index is 12.5. The Morgan fingerprint density at radius 2 is 1.88 bits per heavy atom. The molecule has 0 atom stereocenters. The molecule has 33 heavy (non-hydrogen) atoms. The van der Waals surface area contributed by atoms with Crippen molar-refractivity contribution in [3.63, 3.8) is 0 Å². The lowest BCUT2D eigenvalue weighted by Gasteiger charge is -2.09. The molecule has 0 saturated heterocycles. The number of carbonyl (C=O) groups is 1. The fourth-order valence-electron chi connectivity index (χ4n) is 3.70. The Labute approximate surface area is 198 Å². The summed E-state index contributed by atoms with van der Waals surface area (Å²) < 4.78 is 1.87. The van der Waals surface area contributed by atoms with Crippen LogP contribution in [0.5, 0.6) is 0 Å². The number of nitrogens with two attached hydrogens (primary N) is 1. The van der Waals surface area contributed by atoms with Gasteiger partial charge in [0.05, 0.1) is 17.1 Å². The van der Waals surface area contributed by atoms with Gasteiger partial charge in [-0.3, -0.25) is 9.48 Å². The monoisotopic (exact) mass is 459 g/mol. The molecule has 4 rings (SSSR count). The summed E-state index contributed by atoms with van der Waals surface area (Å²) in [5.41, 5.74) is 10.5. The number of hydrogen-bond acceptors (Lipinski definition) is 5. The van der Waals surface area contributed by atoms with Crippen LogP contribution in [0.3, 0.4) is 0 Å². The number of anilines is 2. The van der Waals surface area contributed by atoms with Crippen molar-refractivity contribution in [2.45, 2.75) is 45.1 Å². The minimum atomic E-state index is -0.0829. The van der Waals surface area contributed by atoms with Crippen LogP contribution in [-0.2, 0) is 24.2 Å². The number of nitrogen functional groups attached to an aromatic ring is 1. The molecule has 0 spiro atoms. The van der Waals surface area contributed by atoms with Crippen LogP contribution < -0.4 is 11.1 Å². The number of hydrogen-bond donors (Lipinski definition) is 2. The quantitative estimate of drug-likeness (QED) is 0.227. The lowest BCUT2D eigenvalue weighted by Crippen LogP contribution is -2.13. The Hall–Kier alpha value is -3.45. The second kappa shape index (κ2) is 11.4. The number of thiophene rings is 1. The number of aromatic nitrogens is 3. The number of amides is 1. The molecule has 1 amide bonds. The van der Waals surface area contributed by atoms with Gasteiger partial charge >= 0.3 is 0 Å². The second-order valence-corrected chi connectivity index (χ2v) is 9.04. The predicted octanol–water partition coefficient (Wildman–Crippen LogP) is 5.57. The van der Waals surface area contributed by atoms with Crippen LogP contribution in [-0.4, -0.2) is 20.9 Å². The number of nitrogens with zero attached hydrogens (tertiary/aromatic N) is 3. The molecule has 0 bridgehead atoms. The van der Waals surface area contributed by atoms with E-state index in [1.807, 2.05) is 40.5 Å². The Bertz CT molecular complexity index is 1150. The Kier molecular flexibility index (Phi) is 7.87. The average molecular weight is 460 g/mol. The van der Waals surface area contributed by atoms with E-state index in [0.717, 1.165) is 41.9 Å². The van der Waals surface area contributed by atoms with Crippen LogP contribution in [0.2, 0.25) is 0 Å². The summed E-state index contributed by atoms with van der Waals surface area (Å²) in [5, 5.41) is 13.4. The molecule has 4 aromatic rings. The van der Waals surface area contributed by atoms with E-state index >= 15 is 0 Å². The van der Waals surface area contributed by atoms with Crippen LogP contribution in [0.15, 0.2) is 72.2 Å². The highest BCUT2D eigenvalue weighted by Gasteiger charge is 2.10. The van der Waals surface area contributed by atoms with Gasteiger partial charge in [0.15, 0.2) is 0 Å². The summed E-state index contributed by atoms with van der Waals surface area (Å²) >= 11 is 1.66. The zero-order valence-corrected chi connectivity index (χ0v) is 19.4. The summed E-state index contributed by atoms with van der Waals surface area (Å²) in [6.45, 7) is 0.847. The molecule has 0 saturated carbocycles. The first-order chi connectivity index (χ1) is 16.2. The standard InChI is InChI=1S/C26H29N5OS/c27-23-14-12-21(25-11-7-17-33-25)18-24(23)28-26(32)15-13-22-19-31(30-29-22)16-6-2-5-10-20-8-3-1-4-9-20/h1,3-4,7-9,11-12,14,17-19H,2,5-6,10,13,15-16,27H2,(H,28,32). The van der Waals surface area contributed by atoms with E-state index in [4.69, 9.17) is 5.73 Å². The van der Waals surface area contributed by atoms with Gasteiger partial charge in [0.25, 0.3) is 0 Å². The van der Waals surface area contributed by atoms with E-state index in [-0.39, 0.29) is 5.91 Å². The summed E-state index contributed by atoms with van der Waals surface area (Å²) in [4.78, 5) is 13.6. The summed E-state index contributed by atoms with van der Waals surface area (Å²) in [5.74, 6) is -0.0829. The summed E-state index contributed by atoms with van der Waals surface area (Å²) in [6.07, 6.45) is 7.31. The molecule has 0 fully saturated rings. The Morgan fingerprint density at radius 3 is 2.70 bits per heavy atom. The minimum Gasteiger partial charge on any atom is -0.397 e. The lowest BCUT2D eigenvalue weighted by molar-refractivity contribution is -0.116. The van der Waals surface area contributed by atoms with Crippen molar-refractivity contribution in [1.82, 2.24) is 15.0 Å². The van der Waals surface area contributed by atoms with Crippen LogP contribution in [0, 0.1) is 0 Å². The SMILES string of the molecule is Nc1ccc(-c2cccs2)cc1NC(=O)CCc1cn(CCCCCc2ccccc2)nn1. The fraction of sp³-hybridized carbons (Fsp3) is 0.269. The van der Waals surface area contributed by atoms with Crippen molar-refractivity contribution in [3.05, 3.63) is 83.5 Å². The van der Waals surface area contributed by atoms with Crippen LogP contribution in [0.1, 0.15) is 36.9 Å². The summed E-state index contributed by atoms with van der Waals surface area (Å²) in [6, 6.07) is 20.4. The van der Waals surface area contributed by atoms with Gasteiger partial charge in [-0.05, 0) is 54.0 Å². The van der Waals surface area contributed by atoms with Gasteiger partial charge in [0.2, 0.25) is 5.91 Å². The first kappa shape index (κ1) is 22.7. The molecule has 0 aliphatic heterocycles. The highest BCUT2D eigenvalue weighted by atomic mass is 32.1. The van der Waals surface area contributed by atoms with Gasteiger partial charge in [-0.15, -0.1) is 16.4 Å². The van der Waals surface area contributed by atoms with Gasteiger partial charge < -0.3 is 11.1 Å². The highest BCUT2D eigenvalue weighted by molar-refractivity contribution is 7.13. The third-order valence-corrected chi connectivity index (χ3v) is 6.44. The van der Waals surface area contributed by atoms with E-state index in [9.17, 15) is 4.79 Å². The molecule has 2 aromatic heterocycles. The minimum absolute atomic E-state index is 0.0829. The molecular weight excluding hydrogens is 430 g/mol. The fourth-order valence-corrected chi connectivity index (χ4v) is 4.43. The van der Waals surface area contributed by atoms with Gasteiger partial charge in [-0.2, -0.15) is 0 Å². The predicted molar refractivity (Wildman–Crippen MR) is 135 cm³/mol. The van der Waals surface area contributed by atoms with Gasteiger partial charge in [0.1, 0.15) is 0 Å². The van der Waals surface area contributed by atoms with Crippen molar-refractivity contribution in [2.24, 2.45) is 0 Å². The van der Waals surface area contributed by atoms with Crippen molar-refractivity contribution in [1.29, 1.82) is 0 Å². The topological polar surface area (TPSA) is 85.8 Å². The molecule has 3 N–H and O–H groups in total. The molecule has 2 aromatic carbocycles. The smallest absolute Gasteiger partial charge is 0.224 e. The third kappa shape index (κ3) is 6.76. The van der Waals surface area contributed by atoms with Crippen LogP contribution in [0.4, 0.5) is 11.4 Å². The van der Waals surface area contributed by atoms with Crippen LogP contribution >= 0.6 is 11.3 Å². The highest BCUT2D eigenvalue weighted by Crippen LogP contribution is 2.30. The molecule has 0 unspecified atom stereocenters. The van der Waals surface area contributed by atoms with E-state index in [2.05, 4.69) is 52.0 Å².